The quantitative estimate of drug-likeness (QED) is 0.585. The Morgan fingerprint density at radius 3 is 2.31 bits per heavy atom. The van der Waals surface area contributed by atoms with Crippen molar-refractivity contribution >= 4 is 30.7 Å². The molecule has 6 heteroatoms. The molecular weight excluding hydrogens is 213 g/mol. The highest BCUT2D eigenvalue weighted by Crippen LogP contribution is 1.83. The fourth-order valence-electron chi connectivity index (χ4n) is 0.642. The predicted octanol–water partition coefficient (Wildman–Crippen LogP) is 0.0323. The van der Waals surface area contributed by atoms with Crippen LogP contribution in [0, 0.1) is 0 Å². The number of amides is 1. The van der Waals surface area contributed by atoms with Crippen molar-refractivity contribution in [2.75, 3.05) is 13.1 Å². The van der Waals surface area contributed by atoms with Gasteiger partial charge >= 0.3 is 0 Å². The molecule has 4 nitrogen and oxygen atoms in total. The van der Waals surface area contributed by atoms with Crippen molar-refractivity contribution in [2.45, 2.75) is 25.8 Å². The molecule has 1 amide bonds. The van der Waals surface area contributed by atoms with Gasteiger partial charge in [-0.3, -0.25) is 4.79 Å². The molecule has 0 heterocycles. The average Bonchev–Trinajstić information content (AvgIpc) is 1.97. The van der Waals surface area contributed by atoms with E-state index in [0.717, 1.165) is 12.8 Å². The minimum atomic E-state index is -0.409. The highest BCUT2D eigenvalue weighted by atomic mass is 35.5. The van der Waals surface area contributed by atoms with E-state index in [4.69, 9.17) is 11.5 Å². The molecule has 0 rings (SSSR count). The molecule has 0 aromatic heterocycles. The van der Waals surface area contributed by atoms with Crippen LogP contribution in [0.25, 0.3) is 0 Å². The van der Waals surface area contributed by atoms with Gasteiger partial charge in [0.15, 0.2) is 0 Å². The van der Waals surface area contributed by atoms with Crippen LogP contribution in [0.1, 0.15) is 19.8 Å². The number of unbranched alkanes of at least 4 members (excludes halogenated alkanes) is 1. The maximum Gasteiger partial charge on any atom is 0.236 e. The fraction of sp³-hybridized carbons (Fsp3) is 0.857. The van der Waals surface area contributed by atoms with Crippen molar-refractivity contribution < 1.29 is 4.79 Å². The number of rotatable bonds is 5. The Balaban J connectivity index is -0.000000500. The second-order valence-electron chi connectivity index (χ2n) is 2.58. The summed E-state index contributed by atoms with van der Waals surface area (Å²) in [6.07, 6.45) is 1.87. The minimum absolute atomic E-state index is 0. The summed E-state index contributed by atoms with van der Waals surface area (Å²) < 4.78 is 0. The molecule has 1 atom stereocenters. The van der Waals surface area contributed by atoms with Gasteiger partial charge in [0.2, 0.25) is 5.91 Å². The molecule has 0 aliphatic rings. The van der Waals surface area contributed by atoms with E-state index in [1.807, 2.05) is 0 Å². The molecule has 82 valence electrons. The average molecular weight is 232 g/mol. The van der Waals surface area contributed by atoms with Crippen LogP contribution in [0.3, 0.4) is 0 Å². The summed E-state index contributed by atoms with van der Waals surface area (Å²) in [5, 5.41) is 2.70. The van der Waals surface area contributed by atoms with E-state index < -0.39 is 6.04 Å². The number of carbonyl (C=O) groups excluding carboxylic acids is 1. The Labute approximate surface area is 91.6 Å². The van der Waals surface area contributed by atoms with Crippen LogP contribution in [0.2, 0.25) is 0 Å². The molecule has 0 unspecified atom stereocenters. The maximum absolute atomic E-state index is 10.8. The van der Waals surface area contributed by atoms with E-state index >= 15 is 0 Å². The lowest BCUT2D eigenvalue weighted by Crippen LogP contribution is -2.38. The third-order valence-corrected chi connectivity index (χ3v) is 1.34. The molecule has 0 bridgehead atoms. The lowest BCUT2D eigenvalue weighted by molar-refractivity contribution is -0.121. The summed E-state index contributed by atoms with van der Waals surface area (Å²) in [5.41, 5.74) is 10.6. The first-order valence-electron chi connectivity index (χ1n) is 3.92. The molecule has 0 radical (unpaired) electrons. The first-order valence-corrected chi connectivity index (χ1v) is 3.92. The van der Waals surface area contributed by atoms with E-state index in [-0.39, 0.29) is 30.7 Å². The Hall–Kier alpha value is -0.0300. The SMILES string of the molecule is C[C@H](N)C(=O)NCCCCN.Cl.Cl. The van der Waals surface area contributed by atoms with Crippen molar-refractivity contribution in [3.05, 3.63) is 0 Å². The van der Waals surface area contributed by atoms with Gasteiger partial charge in [-0.05, 0) is 26.3 Å². The summed E-state index contributed by atoms with van der Waals surface area (Å²) in [6.45, 7) is 3.02. The van der Waals surface area contributed by atoms with Gasteiger partial charge < -0.3 is 16.8 Å². The topological polar surface area (TPSA) is 81.1 Å². The highest BCUT2D eigenvalue weighted by molar-refractivity contribution is 5.85. The monoisotopic (exact) mass is 231 g/mol. The number of hydrogen-bond donors (Lipinski definition) is 3. The smallest absolute Gasteiger partial charge is 0.236 e. The standard InChI is InChI=1S/C7H17N3O.2ClH/c1-6(9)7(11)10-5-3-2-4-8;;/h6H,2-5,8-9H2,1H3,(H,10,11);2*1H/t6-;;/m0../s1. The molecule has 0 saturated carbocycles. The van der Waals surface area contributed by atoms with Crippen molar-refractivity contribution in [1.82, 2.24) is 5.32 Å². The molecule has 13 heavy (non-hydrogen) atoms. The van der Waals surface area contributed by atoms with Crippen LogP contribution < -0.4 is 16.8 Å². The second-order valence-corrected chi connectivity index (χ2v) is 2.58. The summed E-state index contributed by atoms with van der Waals surface area (Å²) in [6, 6.07) is -0.409. The van der Waals surface area contributed by atoms with Gasteiger partial charge in [0, 0.05) is 6.54 Å². The zero-order valence-corrected chi connectivity index (χ0v) is 9.42. The zero-order valence-electron chi connectivity index (χ0n) is 7.79. The van der Waals surface area contributed by atoms with Crippen molar-refractivity contribution in [3.8, 4) is 0 Å². The van der Waals surface area contributed by atoms with Crippen LogP contribution >= 0.6 is 24.8 Å². The molecule has 0 aromatic carbocycles. The number of carbonyl (C=O) groups is 1. The predicted molar refractivity (Wildman–Crippen MR) is 59.4 cm³/mol. The van der Waals surface area contributed by atoms with Gasteiger partial charge in [-0.25, -0.2) is 0 Å². The van der Waals surface area contributed by atoms with Crippen LogP contribution in [0.5, 0.6) is 0 Å². The summed E-state index contributed by atoms with van der Waals surface area (Å²) in [4.78, 5) is 10.8. The van der Waals surface area contributed by atoms with Crippen LogP contribution in [0.4, 0.5) is 0 Å². The summed E-state index contributed by atoms with van der Waals surface area (Å²) >= 11 is 0. The van der Waals surface area contributed by atoms with Crippen LogP contribution in [0.15, 0.2) is 0 Å². The Bertz CT molecular complexity index is 122. The molecule has 0 aliphatic heterocycles. The number of halogens is 2. The van der Waals surface area contributed by atoms with Gasteiger partial charge in [-0.2, -0.15) is 0 Å². The van der Waals surface area contributed by atoms with E-state index in [1.165, 1.54) is 0 Å². The molecule has 0 aliphatic carbocycles. The number of nitrogens with one attached hydrogen (secondary N) is 1. The zero-order chi connectivity index (χ0) is 8.69. The molecule has 0 aromatic rings. The van der Waals surface area contributed by atoms with Crippen molar-refractivity contribution in [1.29, 1.82) is 0 Å². The van der Waals surface area contributed by atoms with Gasteiger partial charge in [0.05, 0.1) is 6.04 Å². The van der Waals surface area contributed by atoms with Crippen molar-refractivity contribution in [3.63, 3.8) is 0 Å². The molecule has 5 N–H and O–H groups in total. The lowest BCUT2D eigenvalue weighted by atomic mass is 10.3. The largest absolute Gasteiger partial charge is 0.355 e. The van der Waals surface area contributed by atoms with E-state index in [0.29, 0.717) is 13.1 Å². The van der Waals surface area contributed by atoms with Gasteiger partial charge in [-0.15, -0.1) is 24.8 Å². The Kier molecular flexibility index (Phi) is 17.2. The molecule has 0 spiro atoms. The van der Waals surface area contributed by atoms with Gasteiger partial charge in [-0.1, -0.05) is 0 Å². The highest BCUT2D eigenvalue weighted by Gasteiger charge is 2.04. The van der Waals surface area contributed by atoms with E-state index in [1.54, 1.807) is 6.92 Å². The molecule has 0 fully saturated rings. The molecule has 0 saturated heterocycles. The van der Waals surface area contributed by atoms with Gasteiger partial charge in [0.1, 0.15) is 0 Å². The Morgan fingerprint density at radius 1 is 1.38 bits per heavy atom. The first-order chi connectivity index (χ1) is 5.18. The molecular formula is C7H19Cl2N3O. The van der Waals surface area contributed by atoms with Crippen LogP contribution in [-0.2, 0) is 4.79 Å². The van der Waals surface area contributed by atoms with Crippen molar-refractivity contribution in [2.24, 2.45) is 11.5 Å². The van der Waals surface area contributed by atoms with Gasteiger partial charge in [0.25, 0.3) is 0 Å². The maximum atomic E-state index is 10.8. The number of nitrogens with two attached hydrogens (primary N) is 2. The van der Waals surface area contributed by atoms with Crippen LogP contribution in [-0.4, -0.2) is 25.0 Å². The minimum Gasteiger partial charge on any atom is -0.355 e. The Morgan fingerprint density at radius 2 is 1.92 bits per heavy atom. The fourth-order valence-corrected chi connectivity index (χ4v) is 0.642. The normalized spacial score (nSPS) is 10.7. The summed E-state index contributed by atoms with van der Waals surface area (Å²) in [5.74, 6) is -0.0954. The third-order valence-electron chi connectivity index (χ3n) is 1.34. The van der Waals surface area contributed by atoms with E-state index in [9.17, 15) is 4.79 Å². The first kappa shape index (κ1) is 18.7. The number of hydrogen-bond acceptors (Lipinski definition) is 3. The second kappa shape index (κ2) is 12.0. The summed E-state index contributed by atoms with van der Waals surface area (Å²) in [7, 11) is 0. The lowest BCUT2D eigenvalue weighted by Gasteiger charge is -2.06. The third kappa shape index (κ3) is 12.0. The van der Waals surface area contributed by atoms with E-state index in [2.05, 4.69) is 5.32 Å².